The van der Waals surface area contributed by atoms with E-state index in [9.17, 15) is 0 Å². The van der Waals surface area contributed by atoms with Gasteiger partial charge in [-0.1, -0.05) is 0 Å². The molecule has 0 aliphatic rings. The third-order valence-electron chi connectivity index (χ3n) is 3.83. The molecule has 25 heavy (non-hydrogen) atoms. The molecule has 3 aromatic rings. The fraction of sp³-hybridized carbons (Fsp3) is 0.250. The predicted octanol–water partition coefficient (Wildman–Crippen LogP) is 3.71. The van der Waals surface area contributed by atoms with Gasteiger partial charge in [0.25, 0.3) is 0 Å². The topological polar surface area (TPSA) is 73.9 Å². The van der Waals surface area contributed by atoms with E-state index in [0.29, 0.717) is 6.61 Å². The van der Waals surface area contributed by atoms with E-state index < -0.39 is 0 Å². The summed E-state index contributed by atoms with van der Waals surface area (Å²) in [5.41, 5.74) is 9.13. The van der Waals surface area contributed by atoms with Gasteiger partial charge in [-0.2, -0.15) is 0 Å². The highest BCUT2D eigenvalue weighted by molar-refractivity contribution is 5.67. The summed E-state index contributed by atoms with van der Waals surface area (Å²) in [4.78, 5) is 13.1. The molecule has 5 heteroatoms. The van der Waals surface area contributed by atoms with Crippen LogP contribution in [0.5, 0.6) is 5.75 Å². The van der Waals surface area contributed by atoms with Crippen molar-refractivity contribution in [2.75, 3.05) is 13.2 Å². The van der Waals surface area contributed by atoms with E-state index >= 15 is 0 Å². The lowest BCUT2D eigenvalue weighted by Gasteiger charge is -2.11. The molecule has 0 aliphatic heterocycles. The standard InChI is InChI=1S/C20H22N4O/c21-8-2-1-3-11-25-18-12-19(16-6-4-9-22-14-16)24-20(13-18)17-7-5-10-23-15-17/h4-7,9-10,12-15H,1-3,8,11,21H2. The number of nitrogens with zero attached hydrogens (tertiary/aromatic N) is 3. The normalized spacial score (nSPS) is 10.6. The van der Waals surface area contributed by atoms with Crippen molar-refractivity contribution in [3.05, 3.63) is 61.2 Å². The summed E-state index contributed by atoms with van der Waals surface area (Å²) in [5, 5.41) is 0. The van der Waals surface area contributed by atoms with Crippen molar-refractivity contribution in [2.45, 2.75) is 19.3 Å². The molecule has 0 fully saturated rings. The smallest absolute Gasteiger partial charge is 0.123 e. The number of nitrogens with two attached hydrogens (primary N) is 1. The number of hydrogen-bond acceptors (Lipinski definition) is 5. The Bertz CT molecular complexity index is 720. The zero-order valence-corrected chi connectivity index (χ0v) is 14.1. The molecule has 0 unspecified atom stereocenters. The minimum Gasteiger partial charge on any atom is -0.493 e. The third-order valence-corrected chi connectivity index (χ3v) is 3.83. The van der Waals surface area contributed by atoms with Crippen LogP contribution >= 0.6 is 0 Å². The monoisotopic (exact) mass is 334 g/mol. The molecule has 0 saturated heterocycles. The summed E-state index contributed by atoms with van der Waals surface area (Å²) < 4.78 is 5.96. The van der Waals surface area contributed by atoms with Crippen molar-refractivity contribution in [1.29, 1.82) is 0 Å². The van der Waals surface area contributed by atoms with Crippen molar-refractivity contribution in [3.63, 3.8) is 0 Å². The van der Waals surface area contributed by atoms with Gasteiger partial charge >= 0.3 is 0 Å². The Morgan fingerprint density at radius 1 is 0.840 bits per heavy atom. The minimum absolute atomic E-state index is 0.670. The number of rotatable bonds is 8. The molecular formula is C20H22N4O. The quantitative estimate of drug-likeness (QED) is 0.636. The van der Waals surface area contributed by atoms with Crippen LogP contribution in [0.4, 0.5) is 0 Å². The van der Waals surface area contributed by atoms with Crippen LogP contribution in [0.1, 0.15) is 19.3 Å². The van der Waals surface area contributed by atoms with Gasteiger partial charge in [-0.05, 0) is 50.1 Å². The van der Waals surface area contributed by atoms with E-state index in [4.69, 9.17) is 15.5 Å². The van der Waals surface area contributed by atoms with Gasteiger partial charge < -0.3 is 10.5 Å². The van der Waals surface area contributed by atoms with Crippen LogP contribution in [0.3, 0.4) is 0 Å². The molecule has 3 rings (SSSR count). The van der Waals surface area contributed by atoms with E-state index in [2.05, 4.69) is 9.97 Å². The molecule has 0 bridgehead atoms. The summed E-state index contributed by atoms with van der Waals surface area (Å²) >= 11 is 0. The Kier molecular flexibility index (Phi) is 6.06. The van der Waals surface area contributed by atoms with Crippen LogP contribution in [0.15, 0.2) is 61.2 Å². The number of hydrogen-bond donors (Lipinski definition) is 1. The first-order valence-corrected chi connectivity index (χ1v) is 8.52. The second-order valence-corrected chi connectivity index (χ2v) is 5.75. The van der Waals surface area contributed by atoms with Gasteiger partial charge in [0, 0.05) is 48.0 Å². The number of pyridine rings is 3. The second-order valence-electron chi connectivity index (χ2n) is 5.75. The van der Waals surface area contributed by atoms with Crippen molar-refractivity contribution in [2.24, 2.45) is 5.73 Å². The maximum absolute atomic E-state index is 5.96. The van der Waals surface area contributed by atoms with Gasteiger partial charge in [0.1, 0.15) is 5.75 Å². The third kappa shape index (κ3) is 4.84. The molecule has 128 valence electrons. The largest absolute Gasteiger partial charge is 0.493 e. The van der Waals surface area contributed by atoms with Gasteiger partial charge in [0.05, 0.1) is 18.0 Å². The first kappa shape index (κ1) is 17.0. The molecule has 0 spiro atoms. The van der Waals surface area contributed by atoms with Gasteiger partial charge in [0.15, 0.2) is 0 Å². The number of unbranched alkanes of at least 4 members (excludes halogenated alkanes) is 2. The highest BCUT2D eigenvalue weighted by atomic mass is 16.5. The Morgan fingerprint density at radius 3 is 2.00 bits per heavy atom. The molecule has 0 atom stereocenters. The van der Waals surface area contributed by atoms with Crippen molar-refractivity contribution in [3.8, 4) is 28.3 Å². The Morgan fingerprint density at radius 2 is 1.48 bits per heavy atom. The highest BCUT2D eigenvalue weighted by Crippen LogP contribution is 2.27. The van der Waals surface area contributed by atoms with Crippen molar-refractivity contribution in [1.82, 2.24) is 15.0 Å². The average molecular weight is 334 g/mol. The summed E-state index contributed by atoms with van der Waals surface area (Å²) in [7, 11) is 0. The van der Waals surface area contributed by atoms with E-state index in [-0.39, 0.29) is 0 Å². The molecule has 5 nitrogen and oxygen atoms in total. The first-order chi connectivity index (χ1) is 12.4. The number of aromatic nitrogens is 3. The lowest BCUT2D eigenvalue weighted by molar-refractivity contribution is 0.305. The van der Waals surface area contributed by atoms with E-state index in [1.54, 1.807) is 24.8 Å². The van der Waals surface area contributed by atoms with Crippen LogP contribution < -0.4 is 10.5 Å². The Labute approximate surface area is 147 Å². The Hall–Kier alpha value is -2.79. The lowest BCUT2D eigenvalue weighted by atomic mass is 10.1. The van der Waals surface area contributed by atoms with Crippen molar-refractivity contribution >= 4 is 0 Å². The summed E-state index contributed by atoms with van der Waals surface area (Å²) in [5.74, 6) is 0.806. The average Bonchev–Trinajstić information content (AvgIpc) is 2.69. The first-order valence-electron chi connectivity index (χ1n) is 8.52. The fourth-order valence-corrected chi connectivity index (χ4v) is 2.53. The van der Waals surface area contributed by atoms with Gasteiger partial charge in [-0.15, -0.1) is 0 Å². The molecule has 2 N–H and O–H groups in total. The molecule has 0 amide bonds. The van der Waals surface area contributed by atoms with Gasteiger partial charge in [-0.25, -0.2) is 4.98 Å². The van der Waals surface area contributed by atoms with Crippen LogP contribution in [-0.2, 0) is 0 Å². The summed E-state index contributed by atoms with van der Waals surface area (Å²) in [6.07, 6.45) is 10.2. The molecule has 3 aromatic heterocycles. The van der Waals surface area contributed by atoms with Crippen LogP contribution in [0, 0.1) is 0 Å². The van der Waals surface area contributed by atoms with E-state index in [0.717, 1.165) is 54.1 Å². The van der Waals surface area contributed by atoms with E-state index in [1.165, 1.54) is 0 Å². The van der Waals surface area contributed by atoms with Gasteiger partial charge in [0.2, 0.25) is 0 Å². The molecule has 3 heterocycles. The molecule has 0 aromatic carbocycles. The zero-order chi connectivity index (χ0) is 17.3. The highest BCUT2D eigenvalue weighted by Gasteiger charge is 2.08. The second kappa shape index (κ2) is 8.89. The lowest BCUT2D eigenvalue weighted by Crippen LogP contribution is -2.02. The summed E-state index contributed by atoms with van der Waals surface area (Å²) in [6.45, 7) is 1.40. The minimum atomic E-state index is 0.670. The van der Waals surface area contributed by atoms with Crippen molar-refractivity contribution < 1.29 is 4.74 Å². The maximum Gasteiger partial charge on any atom is 0.123 e. The predicted molar refractivity (Wildman–Crippen MR) is 99.1 cm³/mol. The summed E-state index contributed by atoms with van der Waals surface area (Å²) in [6, 6.07) is 11.7. The molecule has 0 aliphatic carbocycles. The number of ether oxygens (including phenoxy) is 1. The molecule has 0 radical (unpaired) electrons. The van der Waals surface area contributed by atoms with Crippen LogP contribution in [0.25, 0.3) is 22.5 Å². The molecule has 0 saturated carbocycles. The van der Waals surface area contributed by atoms with Crippen LogP contribution in [-0.4, -0.2) is 28.1 Å². The van der Waals surface area contributed by atoms with E-state index in [1.807, 2.05) is 36.4 Å². The fourth-order valence-electron chi connectivity index (χ4n) is 2.53. The maximum atomic E-state index is 5.96. The Balaban J connectivity index is 1.86. The molecular weight excluding hydrogens is 312 g/mol. The van der Waals surface area contributed by atoms with Gasteiger partial charge in [-0.3, -0.25) is 9.97 Å². The van der Waals surface area contributed by atoms with Crippen LogP contribution in [0.2, 0.25) is 0 Å². The zero-order valence-electron chi connectivity index (χ0n) is 14.1. The SMILES string of the molecule is NCCCCCOc1cc(-c2cccnc2)nc(-c2cccnc2)c1.